The van der Waals surface area contributed by atoms with Crippen LogP contribution < -0.4 is 10.6 Å². The van der Waals surface area contributed by atoms with Gasteiger partial charge in [-0.3, -0.25) is 0 Å². The molecule has 3 rings (SSSR count). The largest absolute Gasteiger partial charge is 0.391 e. The Morgan fingerprint density at radius 3 is 2.75 bits per heavy atom. The molecule has 1 atom stereocenters. The third-order valence-corrected chi connectivity index (χ3v) is 3.18. The highest BCUT2D eigenvalue weighted by Crippen LogP contribution is 2.39. The molecular weight excluding hydrogens is 204 g/mol. The molecule has 0 amide bonds. The number of nitrogens with zero attached hydrogens (tertiary/aromatic N) is 3. The molecule has 0 unspecified atom stereocenters. The van der Waals surface area contributed by atoms with E-state index in [0.717, 1.165) is 24.6 Å². The molecule has 3 N–H and O–H groups in total. The molecule has 2 heterocycles. The highest BCUT2D eigenvalue weighted by Gasteiger charge is 2.29. The summed E-state index contributed by atoms with van der Waals surface area (Å²) in [4.78, 5) is 10.9. The van der Waals surface area contributed by atoms with Crippen molar-refractivity contribution in [3.8, 4) is 0 Å². The van der Waals surface area contributed by atoms with E-state index in [9.17, 15) is 5.11 Å². The van der Waals surface area contributed by atoms with E-state index in [1.807, 2.05) is 0 Å². The van der Waals surface area contributed by atoms with E-state index < -0.39 is 0 Å². The Hall–Kier alpha value is -1.36. The number of hydrogen-bond acceptors (Lipinski definition) is 5. The van der Waals surface area contributed by atoms with Gasteiger partial charge in [0, 0.05) is 25.1 Å². The van der Waals surface area contributed by atoms with Crippen LogP contribution in [0.4, 0.5) is 11.6 Å². The second kappa shape index (κ2) is 3.59. The summed E-state index contributed by atoms with van der Waals surface area (Å²) in [5.74, 6) is 2.78. The number of aromatic nitrogens is 2. The van der Waals surface area contributed by atoms with Gasteiger partial charge in [-0.2, -0.15) is 0 Å². The Kier molecular flexibility index (Phi) is 2.21. The number of aliphatic hydroxyl groups excluding tert-OH is 1. The predicted molar refractivity (Wildman–Crippen MR) is 61.3 cm³/mol. The van der Waals surface area contributed by atoms with Crippen molar-refractivity contribution >= 4 is 11.6 Å². The first-order valence-corrected chi connectivity index (χ1v) is 5.80. The fourth-order valence-electron chi connectivity index (χ4n) is 2.11. The molecule has 0 spiro atoms. The van der Waals surface area contributed by atoms with Crippen molar-refractivity contribution in [2.45, 2.75) is 31.3 Å². The van der Waals surface area contributed by atoms with Gasteiger partial charge in [0.1, 0.15) is 17.5 Å². The van der Waals surface area contributed by atoms with Gasteiger partial charge in [0.05, 0.1) is 6.10 Å². The molecule has 1 aromatic heterocycles. The Balaban J connectivity index is 1.88. The summed E-state index contributed by atoms with van der Waals surface area (Å²) in [5.41, 5.74) is 5.79. The van der Waals surface area contributed by atoms with Crippen LogP contribution in [0.15, 0.2) is 6.07 Å². The van der Waals surface area contributed by atoms with Gasteiger partial charge >= 0.3 is 0 Å². The van der Waals surface area contributed by atoms with Gasteiger partial charge in [-0.1, -0.05) is 0 Å². The molecule has 5 nitrogen and oxygen atoms in total. The molecule has 0 radical (unpaired) electrons. The van der Waals surface area contributed by atoms with E-state index >= 15 is 0 Å². The van der Waals surface area contributed by atoms with Gasteiger partial charge in [-0.05, 0) is 19.3 Å². The van der Waals surface area contributed by atoms with E-state index in [0.29, 0.717) is 18.3 Å². The Morgan fingerprint density at radius 2 is 2.12 bits per heavy atom. The van der Waals surface area contributed by atoms with E-state index in [1.54, 1.807) is 6.07 Å². The molecule has 1 saturated heterocycles. The number of nitrogens with two attached hydrogens (primary N) is 1. The second-order valence-electron chi connectivity index (χ2n) is 4.67. The van der Waals surface area contributed by atoms with Gasteiger partial charge in [-0.15, -0.1) is 0 Å². The number of nitrogen functional groups attached to an aromatic ring is 1. The van der Waals surface area contributed by atoms with Crippen LogP contribution >= 0.6 is 0 Å². The van der Waals surface area contributed by atoms with Crippen molar-refractivity contribution in [2.24, 2.45) is 0 Å². The lowest BCUT2D eigenvalue weighted by atomic mass is 10.3. The van der Waals surface area contributed by atoms with Crippen molar-refractivity contribution < 1.29 is 5.11 Å². The van der Waals surface area contributed by atoms with Crippen LogP contribution in [-0.4, -0.2) is 34.3 Å². The molecule has 2 fully saturated rings. The van der Waals surface area contributed by atoms with Gasteiger partial charge in [0.2, 0.25) is 0 Å². The minimum Gasteiger partial charge on any atom is -0.391 e. The summed E-state index contributed by atoms with van der Waals surface area (Å²) in [6.45, 7) is 1.50. The third-order valence-electron chi connectivity index (χ3n) is 3.18. The Bertz CT molecular complexity index is 405. The quantitative estimate of drug-likeness (QED) is 0.759. The van der Waals surface area contributed by atoms with Crippen LogP contribution in [0.1, 0.15) is 31.0 Å². The molecule has 16 heavy (non-hydrogen) atoms. The molecule has 1 aliphatic heterocycles. The topological polar surface area (TPSA) is 75.3 Å². The number of aliphatic hydroxyl groups is 1. The van der Waals surface area contributed by atoms with Crippen LogP contribution in [0.5, 0.6) is 0 Å². The maximum absolute atomic E-state index is 9.50. The minimum absolute atomic E-state index is 0.236. The van der Waals surface area contributed by atoms with E-state index in [4.69, 9.17) is 5.73 Å². The zero-order valence-electron chi connectivity index (χ0n) is 9.13. The summed E-state index contributed by atoms with van der Waals surface area (Å²) < 4.78 is 0. The maximum Gasteiger partial charge on any atom is 0.136 e. The van der Waals surface area contributed by atoms with Crippen LogP contribution in [0.25, 0.3) is 0 Å². The average molecular weight is 220 g/mol. The second-order valence-corrected chi connectivity index (χ2v) is 4.67. The summed E-state index contributed by atoms with van der Waals surface area (Å²) in [5, 5.41) is 9.50. The maximum atomic E-state index is 9.50. The summed E-state index contributed by atoms with van der Waals surface area (Å²) in [6.07, 6.45) is 2.92. The first kappa shape index (κ1) is 9.84. The van der Waals surface area contributed by atoms with Crippen LogP contribution in [0.3, 0.4) is 0 Å². The minimum atomic E-state index is -0.236. The molecule has 1 aromatic rings. The van der Waals surface area contributed by atoms with Crippen molar-refractivity contribution in [3.05, 3.63) is 11.9 Å². The van der Waals surface area contributed by atoms with E-state index in [-0.39, 0.29) is 6.10 Å². The normalized spacial score (nSPS) is 25.1. The lowest BCUT2D eigenvalue weighted by Gasteiger charge is -2.17. The molecule has 5 heteroatoms. The first-order chi connectivity index (χ1) is 7.72. The fourth-order valence-corrected chi connectivity index (χ4v) is 2.11. The van der Waals surface area contributed by atoms with Crippen LogP contribution in [-0.2, 0) is 0 Å². The first-order valence-electron chi connectivity index (χ1n) is 5.80. The molecular formula is C11H16N4O. The molecule has 1 saturated carbocycles. The van der Waals surface area contributed by atoms with E-state index in [1.165, 1.54) is 12.8 Å². The highest BCUT2D eigenvalue weighted by atomic mass is 16.3. The van der Waals surface area contributed by atoms with Crippen molar-refractivity contribution in [1.82, 2.24) is 9.97 Å². The Morgan fingerprint density at radius 1 is 1.31 bits per heavy atom. The standard InChI is InChI=1S/C11H16N4O/c12-9-5-10(15-4-3-8(16)6-15)14-11(13-9)7-1-2-7/h5,7-8,16H,1-4,6H2,(H2,12,13,14)/t8-/m1/s1. The number of rotatable bonds is 2. The van der Waals surface area contributed by atoms with Crippen LogP contribution in [0.2, 0.25) is 0 Å². The highest BCUT2D eigenvalue weighted by molar-refractivity contribution is 5.48. The molecule has 1 aliphatic carbocycles. The zero-order valence-corrected chi connectivity index (χ0v) is 9.13. The van der Waals surface area contributed by atoms with Crippen LogP contribution in [0, 0.1) is 0 Å². The molecule has 0 bridgehead atoms. The SMILES string of the molecule is Nc1cc(N2CC[C@@H](O)C2)nc(C2CC2)n1. The number of hydrogen-bond donors (Lipinski definition) is 2. The lowest BCUT2D eigenvalue weighted by molar-refractivity contribution is 0.198. The van der Waals surface area contributed by atoms with Crippen molar-refractivity contribution in [2.75, 3.05) is 23.7 Å². The smallest absolute Gasteiger partial charge is 0.136 e. The number of anilines is 2. The predicted octanol–water partition coefficient (Wildman–Crippen LogP) is 0.507. The molecule has 2 aliphatic rings. The van der Waals surface area contributed by atoms with Gasteiger partial charge in [-0.25, -0.2) is 9.97 Å². The average Bonchev–Trinajstić information content (AvgIpc) is 3.01. The third kappa shape index (κ3) is 1.82. The molecule has 86 valence electrons. The fraction of sp³-hybridized carbons (Fsp3) is 0.636. The summed E-state index contributed by atoms with van der Waals surface area (Å²) in [6, 6.07) is 1.80. The molecule has 0 aromatic carbocycles. The summed E-state index contributed by atoms with van der Waals surface area (Å²) in [7, 11) is 0. The van der Waals surface area contributed by atoms with Gasteiger partial charge in [0.15, 0.2) is 0 Å². The van der Waals surface area contributed by atoms with E-state index in [2.05, 4.69) is 14.9 Å². The van der Waals surface area contributed by atoms with Crippen molar-refractivity contribution in [3.63, 3.8) is 0 Å². The van der Waals surface area contributed by atoms with Gasteiger partial charge in [0.25, 0.3) is 0 Å². The number of β-amino-alcohol motifs (C(OH)–C–C–N with tert-alkyl or cyclic N) is 1. The van der Waals surface area contributed by atoms with Crippen molar-refractivity contribution in [1.29, 1.82) is 0 Å². The zero-order chi connectivity index (χ0) is 11.1. The summed E-state index contributed by atoms with van der Waals surface area (Å²) >= 11 is 0. The lowest BCUT2D eigenvalue weighted by Crippen LogP contribution is -2.23. The Labute approximate surface area is 94.3 Å². The van der Waals surface area contributed by atoms with Gasteiger partial charge < -0.3 is 15.7 Å². The monoisotopic (exact) mass is 220 g/mol.